The van der Waals surface area contributed by atoms with Crippen LogP contribution in [0.15, 0.2) is 9.98 Å². The van der Waals surface area contributed by atoms with Gasteiger partial charge in [-0.1, -0.05) is 6.92 Å². The predicted octanol–water partition coefficient (Wildman–Crippen LogP) is -1.73. The fraction of sp³-hybridized carbons (Fsp3) is 0.600. The molecule has 0 aromatic carbocycles. The topological polar surface area (TPSA) is 129 Å². The second-order valence-corrected chi connectivity index (χ2v) is 2.00. The molecule has 0 saturated heterocycles. The van der Waals surface area contributed by atoms with E-state index >= 15 is 0 Å². The molecule has 0 spiro atoms. The van der Waals surface area contributed by atoms with E-state index in [0.717, 1.165) is 0 Å². The van der Waals surface area contributed by atoms with Gasteiger partial charge in [-0.05, 0) is 6.42 Å². The van der Waals surface area contributed by atoms with Crippen molar-refractivity contribution >= 4 is 11.9 Å². The average molecular weight is 158 g/mol. The summed E-state index contributed by atoms with van der Waals surface area (Å²) in [5.41, 5.74) is 20.8. The molecular weight excluding hydrogens is 144 g/mol. The Kier molecular flexibility index (Phi) is 3.97. The van der Waals surface area contributed by atoms with Crippen LogP contribution in [0.2, 0.25) is 0 Å². The molecule has 6 nitrogen and oxygen atoms in total. The van der Waals surface area contributed by atoms with E-state index in [0.29, 0.717) is 6.42 Å². The van der Waals surface area contributed by atoms with Crippen molar-refractivity contribution in [1.29, 1.82) is 0 Å². The normalized spacial score (nSPS) is 14.2. The van der Waals surface area contributed by atoms with Crippen LogP contribution in [0.1, 0.15) is 13.3 Å². The minimum absolute atomic E-state index is 0.0133. The Bertz CT molecular complexity index is 168. The lowest BCUT2D eigenvalue weighted by Gasteiger charge is -2.01. The van der Waals surface area contributed by atoms with E-state index in [1.54, 1.807) is 0 Å². The number of aliphatic imine (C=N–C) groups is 2. The number of nitrogens with two attached hydrogens (primary N) is 4. The molecule has 0 aliphatic heterocycles. The number of guanidine groups is 2. The molecule has 0 radical (unpaired) electrons. The summed E-state index contributed by atoms with van der Waals surface area (Å²) in [6.07, 6.45) is 0.360. The zero-order valence-electron chi connectivity index (χ0n) is 6.49. The van der Waals surface area contributed by atoms with Crippen LogP contribution >= 0.6 is 0 Å². The van der Waals surface area contributed by atoms with Gasteiger partial charge in [0.2, 0.25) is 5.96 Å². The summed E-state index contributed by atoms with van der Waals surface area (Å²) in [6, 6.07) is 0. The zero-order chi connectivity index (χ0) is 8.85. The quantitative estimate of drug-likeness (QED) is 0.281. The third-order valence-electron chi connectivity index (χ3n) is 0.960. The van der Waals surface area contributed by atoms with Crippen LogP contribution < -0.4 is 22.9 Å². The van der Waals surface area contributed by atoms with Crippen LogP contribution in [0.3, 0.4) is 0 Å². The van der Waals surface area contributed by atoms with Gasteiger partial charge in [0.15, 0.2) is 5.96 Å². The summed E-state index contributed by atoms with van der Waals surface area (Å²) in [5.74, 6) is -0.103. The standard InChI is InChI=1S/C5H14N6/c1-2-3(6)10-5(9)11-4(7)8/h3H,2,6H2,1H3,(H6,7,8,9,10,11). The second-order valence-electron chi connectivity index (χ2n) is 2.00. The number of rotatable bonds is 2. The van der Waals surface area contributed by atoms with Gasteiger partial charge in [-0.25, -0.2) is 4.99 Å². The lowest BCUT2D eigenvalue weighted by Crippen LogP contribution is -2.28. The van der Waals surface area contributed by atoms with E-state index < -0.39 is 0 Å². The molecule has 0 aromatic rings. The monoisotopic (exact) mass is 158 g/mol. The average Bonchev–Trinajstić information content (AvgIpc) is 1.85. The SMILES string of the molecule is CCC(N)/N=C(/N)N=C(N)N. The van der Waals surface area contributed by atoms with Crippen LogP contribution in [-0.4, -0.2) is 18.1 Å². The minimum Gasteiger partial charge on any atom is -0.370 e. The molecule has 0 bridgehead atoms. The molecule has 0 amide bonds. The number of hydrogen-bond acceptors (Lipinski definition) is 2. The summed E-state index contributed by atoms with van der Waals surface area (Å²) in [7, 11) is 0. The van der Waals surface area contributed by atoms with Gasteiger partial charge >= 0.3 is 0 Å². The lowest BCUT2D eigenvalue weighted by atomic mass is 10.4. The van der Waals surface area contributed by atoms with Crippen molar-refractivity contribution in [2.24, 2.45) is 32.9 Å². The van der Waals surface area contributed by atoms with E-state index in [1.807, 2.05) is 6.92 Å². The molecule has 11 heavy (non-hydrogen) atoms. The summed E-state index contributed by atoms with van der Waals surface area (Å²) in [6.45, 7) is 1.89. The molecule has 0 aliphatic rings. The van der Waals surface area contributed by atoms with E-state index in [4.69, 9.17) is 22.9 Å². The minimum atomic E-state index is -0.335. The first-order valence-corrected chi connectivity index (χ1v) is 3.24. The van der Waals surface area contributed by atoms with Crippen LogP contribution in [-0.2, 0) is 0 Å². The van der Waals surface area contributed by atoms with Gasteiger partial charge in [-0.15, -0.1) is 0 Å². The van der Waals surface area contributed by atoms with Crippen molar-refractivity contribution in [2.75, 3.05) is 0 Å². The van der Waals surface area contributed by atoms with Crippen molar-refractivity contribution in [2.45, 2.75) is 19.5 Å². The third kappa shape index (κ3) is 5.16. The third-order valence-corrected chi connectivity index (χ3v) is 0.960. The summed E-state index contributed by atoms with van der Waals surface area (Å²) < 4.78 is 0. The van der Waals surface area contributed by atoms with Crippen LogP contribution in [0.25, 0.3) is 0 Å². The molecule has 0 aromatic heterocycles. The number of hydrogen-bond donors (Lipinski definition) is 4. The first-order chi connectivity index (χ1) is 5.06. The van der Waals surface area contributed by atoms with Crippen molar-refractivity contribution in [3.8, 4) is 0 Å². The molecule has 0 saturated carbocycles. The van der Waals surface area contributed by atoms with Gasteiger partial charge in [0, 0.05) is 0 Å². The second kappa shape index (κ2) is 4.51. The Morgan fingerprint density at radius 1 is 1.36 bits per heavy atom. The zero-order valence-corrected chi connectivity index (χ0v) is 6.49. The van der Waals surface area contributed by atoms with E-state index in [9.17, 15) is 0 Å². The maximum absolute atomic E-state index is 5.43. The Hall–Kier alpha value is -1.30. The predicted molar refractivity (Wildman–Crippen MR) is 45.7 cm³/mol. The molecule has 0 heterocycles. The first kappa shape index (κ1) is 9.70. The molecular formula is C5H14N6. The maximum atomic E-state index is 5.43. The smallest absolute Gasteiger partial charge is 0.220 e. The van der Waals surface area contributed by atoms with Crippen LogP contribution in [0.4, 0.5) is 0 Å². The first-order valence-electron chi connectivity index (χ1n) is 3.24. The highest BCUT2D eigenvalue weighted by molar-refractivity contribution is 5.92. The molecule has 1 atom stereocenters. The highest BCUT2D eigenvalue weighted by Crippen LogP contribution is 1.87. The Morgan fingerprint density at radius 3 is 2.27 bits per heavy atom. The van der Waals surface area contributed by atoms with Crippen LogP contribution in [0.5, 0.6) is 0 Å². The molecule has 1 unspecified atom stereocenters. The highest BCUT2D eigenvalue weighted by atomic mass is 15.1. The van der Waals surface area contributed by atoms with Gasteiger partial charge in [0.05, 0.1) is 0 Å². The summed E-state index contributed by atoms with van der Waals surface area (Å²) >= 11 is 0. The summed E-state index contributed by atoms with van der Waals surface area (Å²) in [4.78, 5) is 7.25. The molecule has 64 valence electrons. The highest BCUT2D eigenvalue weighted by Gasteiger charge is 1.95. The van der Waals surface area contributed by atoms with Crippen molar-refractivity contribution in [1.82, 2.24) is 0 Å². The van der Waals surface area contributed by atoms with Gasteiger partial charge < -0.3 is 22.9 Å². The Balaban J connectivity index is 4.11. The van der Waals surface area contributed by atoms with Gasteiger partial charge in [-0.2, -0.15) is 4.99 Å². The largest absolute Gasteiger partial charge is 0.370 e. The van der Waals surface area contributed by atoms with Crippen LogP contribution in [0, 0.1) is 0 Å². The fourth-order valence-electron chi connectivity index (χ4n) is 0.422. The molecule has 0 aliphatic carbocycles. The molecule has 6 heteroatoms. The van der Waals surface area contributed by atoms with E-state index in [2.05, 4.69) is 9.98 Å². The van der Waals surface area contributed by atoms with E-state index in [1.165, 1.54) is 0 Å². The molecule has 0 fully saturated rings. The van der Waals surface area contributed by atoms with Crippen molar-refractivity contribution in [3.05, 3.63) is 0 Å². The number of nitrogens with zero attached hydrogens (tertiary/aromatic N) is 2. The molecule has 8 N–H and O–H groups in total. The van der Waals surface area contributed by atoms with Gasteiger partial charge in [0.1, 0.15) is 6.17 Å². The lowest BCUT2D eigenvalue weighted by molar-refractivity contribution is 0.682. The van der Waals surface area contributed by atoms with E-state index in [-0.39, 0.29) is 18.1 Å². The maximum Gasteiger partial charge on any atom is 0.220 e. The molecule has 0 rings (SSSR count). The Labute approximate surface area is 65.3 Å². The fourth-order valence-corrected chi connectivity index (χ4v) is 0.422. The van der Waals surface area contributed by atoms with Crippen molar-refractivity contribution in [3.63, 3.8) is 0 Å². The van der Waals surface area contributed by atoms with Gasteiger partial charge in [0.25, 0.3) is 0 Å². The van der Waals surface area contributed by atoms with Crippen molar-refractivity contribution < 1.29 is 0 Å². The van der Waals surface area contributed by atoms with Gasteiger partial charge in [-0.3, -0.25) is 0 Å². The summed E-state index contributed by atoms with van der Waals surface area (Å²) in [5, 5.41) is 0. The Morgan fingerprint density at radius 2 is 1.91 bits per heavy atom.